The summed E-state index contributed by atoms with van der Waals surface area (Å²) in [7, 11) is 1.67. The molecule has 1 aromatic carbocycles. The topological polar surface area (TPSA) is 18.5 Å². The predicted molar refractivity (Wildman–Crippen MR) is 65.1 cm³/mol. The average molecular weight is 241 g/mol. The van der Waals surface area contributed by atoms with Crippen molar-refractivity contribution in [3.8, 4) is 5.75 Å². The van der Waals surface area contributed by atoms with E-state index in [2.05, 4.69) is 6.92 Å². The Morgan fingerprint density at radius 1 is 1.38 bits per heavy atom. The monoisotopic (exact) mass is 240 g/mol. The van der Waals surface area contributed by atoms with Crippen LogP contribution in [0.25, 0.3) is 0 Å². The molecular formula is C13H17ClO2. The van der Waals surface area contributed by atoms with Crippen molar-refractivity contribution in [1.29, 1.82) is 0 Å². The maximum atomic E-state index is 6.48. The largest absolute Gasteiger partial charge is 0.497 e. The molecule has 0 aliphatic carbocycles. The number of halogens is 1. The third-order valence-corrected chi connectivity index (χ3v) is 3.82. The molecule has 1 fully saturated rings. The first kappa shape index (κ1) is 11.7. The molecule has 0 spiro atoms. The van der Waals surface area contributed by atoms with Crippen LogP contribution >= 0.6 is 11.6 Å². The highest BCUT2D eigenvalue weighted by atomic mass is 35.5. The Morgan fingerprint density at radius 3 is 2.56 bits per heavy atom. The van der Waals surface area contributed by atoms with E-state index in [4.69, 9.17) is 21.1 Å². The van der Waals surface area contributed by atoms with Gasteiger partial charge in [-0.3, -0.25) is 0 Å². The van der Waals surface area contributed by atoms with Gasteiger partial charge in [0.05, 0.1) is 18.6 Å². The lowest BCUT2D eigenvalue weighted by molar-refractivity contribution is 0.105. The van der Waals surface area contributed by atoms with Gasteiger partial charge in [-0.15, -0.1) is 11.6 Å². The summed E-state index contributed by atoms with van der Waals surface area (Å²) in [6, 6.07) is 7.96. The second kappa shape index (κ2) is 5.07. The lowest BCUT2D eigenvalue weighted by atomic mass is 9.93. The molecular weight excluding hydrogens is 224 g/mol. The summed E-state index contributed by atoms with van der Waals surface area (Å²) in [4.78, 5) is 0. The second-order valence-electron chi connectivity index (χ2n) is 4.20. The lowest BCUT2D eigenvalue weighted by Gasteiger charge is -2.20. The fraction of sp³-hybridized carbons (Fsp3) is 0.538. The van der Waals surface area contributed by atoms with Gasteiger partial charge in [0.15, 0.2) is 0 Å². The average Bonchev–Trinajstić information content (AvgIpc) is 2.75. The van der Waals surface area contributed by atoms with Crippen molar-refractivity contribution in [3.63, 3.8) is 0 Å². The molecule has 1 saturated heterocycles. The standard InChI is InChI=1S/C13H17ClO2/c1-9-12(7-8-16-9)13(14)10-3-5-11(15-2)6-4-10/h3-6,9,12-13H,7-8H2,1-2H3. The molecule has 0 saturated carbocycles. The molecule has 2 nitrogen and oxygen atoms in total. The molecule has 3 heteroatoms. The van der Waals surface area contributed by atoms with Crippen LogP contribution in [0.2, 0.25) is 0 Å². The van der Waals surface area contributed by atoms with Gasteiger partial charge in [-0.1, -0.05) is 12.1 Å². The maximum Gasteiger partial charge on any atom is 0.118 e. The summed E-state index contributed by atoms with van der Waals surface area (Å²) >= 11 is 6.48. The van der Waals surface area contributed by atoms with Crippen LogP contribution in [-0.4, -0.2) is 19.8 Å². The minimum atomic E-state index is 0.0309. The molecule has 1 aliphatic heterocycles. The number of rotatable bonds is 3. The van der Waals surface area contributed by atoms with Crippen LogP contribution in [0.5, 0.6) is 5.75 Å². The van der Waals surface area contributed by atoms with Crippen LogP contribution in [0.3, 0.4) is 0 Å². The van der Waals surface area contributed by atoms with Crippen molar-refractivity contribution in [1.82, 2.24) is 0 Å². The van der Waals surface area contributed by atoms with Gasteiger partial charge in [0.25, 0.3) is 0 Å². The molecule has 2 rings (SSSR count). The molecule has 88 valence electrons. The number of methoxy groups -OCH3 is 1. The van der Waals surface area contributed by atoms with E-state index in [9.17, 15) is 0 Å². The van der Waals surface area contributed by atoms with Crippen molar-refractivity contribution in [2.45, 2.75) is 24.8 Å². The molecule has 1 aliphatic rings. The highest BCUT2D eigenvalue weighted by molar-refractivity contribution is 6.21. The molecule has 16 heavy (non-hydrogen) atoms. The summed E-state index contributed by atoms with van der Waals surface area (Å²) < 4.78 is 10.7. The van der Waals surface area contributed by atoms with Crippen molar-refractivity contribution in [2.24, 2.45) is 5.92 Å². The molecule has 1 aromatic rings. The second-order valence-corrected chi connectivity index (χ2v) is 4.67. The minimum Gasteiger partial charge on any atom is -0.497 e. The summed E-state index contributed by atoms with van der Waals surface area (Å²) in [6.45, 7) is 2.92. The molecule has 0 bridgehead atoms. The Balaban J connectivity index is 2.10. The number of hydrogen-bond donors (Lipinski definition) is 0. The molecule has 1 heterocycles. The minimum absolute atomic E-state index is 0.0309. The van der Waals surface area contributed by atoms with Crippen molar-refractivity contribution < 1.29 is 9.47 Å². The summed E-state index contributed by atoms with van der Waals surface area (Å²) in [5.41, 5.74) is 1.14. The van der Waals surface area contributed by atoms with Gasteiger partial charge >= 0.3 is 0 Å². The van der Waals surface area contributed by atoms with Crippen LogP contribution in [0.15, 0.2) is 24.3 Å². The first-order valence-corrected chi connectivity index (χ1v) is 6.05. The number of alkyl halides is 1. The summed E-state index contributed by atoms with van der Waals surface area (Å²) in [6.07, 6.45) is 1.30. The Bertz CT molecular complexity index is 336. The van der Waals surface area contributed by atoms with E-state index in [0.717, 1.165) is 24.3 Å². The lowest BCUT2D eigenvalue weighted by Crippen LogP contribution is -2.16. The zero-order valence-corrected chi connectivity index (χ0v) is 10.4. The van der Waals surface area contributed by atoms with E-state index < -0.39 is 0 Å². The van der Waals surface area contributed by atoms with Crippen LogP contribution in [0.4, 0.5) is 0 Å². The fourth-order valence-corrected chi connectivity index (χ4v) is 2.64. The zero-order valence-electron chi connectivity index (χ0n) is 9.65. The quantitative estimate of drug-likeness (QED) is 0.754. The first-order chi connectivity index (χ1) is 7.72. The third-order valence-electron chi connectivity index (χ3n) is 3.25. The van der Waals surface area contributed by atoms with E-state index in [-0.39, 0.29) is 11.5 Å². The predicted octanol–water partition coefficient (Wildman–Crippen LogP) is 3.40. The maximum absolute atomic E-state index is 6.48. The number of ether oxygens (including phenoxy) is 2. The van der Waals surface area contributed by atoms with Gasteiger partial charge in [-0.05, 0) is 31.0 Å². The van der Waals surface area contributed by atoms with Gasteiger partial charge < -0.3 is 9.47 Å². The van der Waals surface area contributed by atoms with Gasteiger partial charge in [-0.2, -0.15) is 0 Å². The Labute approximate surface area is 102 Å². The zero-order chi connectivity index (χ0) is 11.5. The Hall–Kier alpha value is -0.730. The van der Waals surface area contributed by atoms with Gasteiger partial charge in [0, 0.05) is 12.5 Å². The van der Waals surface area contributed by atoms with Crippen molar-refractivity contribution in [2.75, 3.05) is 13.7 Å². The van der Waals surface area contributed by atoms with Gasteiger partial charge in [0.2, 0.25) is 0 Å². The molecule has 3 atom stereocenters. The number of hydrogen-bond acceptors (Lipinski definition) is 2. The van der Waals surface area contributed by atoms with E-state index in [1.165, 1.54) is 0 Å². The fourth-order valence-electron chi connectivity index (χ4n) is 2.17. The highest BCUT2D eigenvalue weighted by Gasteiger charge is 2.31. The van der Waals surface area contributed by atoms with E-state index in [1.807, 2.05) is 24.3 Å². The van der Waals surface area contributed by atoms with Crippen LogP contribution in [-0.2, 0) is 4.74 Å². The van der Waals surface area contributed by atoms with E-state index in [1.54, 1.807) is 7.11 Å². The molecule has 0 aromatic heterocycles. The SMILES string of the molecule is COc1ccc(C(Cl)C2CCOC2C)cc1. The van der Waals surface area contributed by atoms with E-state index in [0.29, 0.717) is 5.92 Å². The molecule has 0 radical (unpaired) electrons. The first-order valence-electron chi connectivity index (χ1n) is 5.62. The summed E-state index contributed by atoms with van der Waals surface area (Å²) in [5, 5.41) is 0.0309. The Morgan fingerprint density at radius 2 is 2.06 bits per heavy atom. The molecule has 0 N–H and O–H groups in total. The molecule has 0 amide bonds. The van der Waals surface area contributed by atoms with Gasteiger partial charge in [-0.25, -0.2) is 0 Å². The van der Waals surface area contributed by atoms with Crippen molar-refractivity contribution >= 4 is 11.6 Å². The van der Waals surface area contributed by atoms with Crippen LogP contribution in [0.1, 0.15) is 24.3 Å². The van der Waals surface area contributed by atoms with Crippen LogP contribution in [0, 0.1) is 5.92 Å². The smallest absolute Gasteiger partial charge is 0.118 e. The van der Waals surface area contributed by atoms with E-state index >= 15 is 0 Å². The van der Waals surface area contributed by atoms with Crippen LogP contribution < -0.4 is 4.74 Å². The van der Waals surface area contributed by atoms with Gasteiger partial charge in [0.1, 0.15) is 5.75 Å². The van der Waals surface area contributed by atoms with Crippen molar-refractivity contribution in [3.05, 3.63) is 29.8 Å². The summed E-state index contributed by atoms with van der Waals surface area (Å²) in [5.74, 6) is 1.28. The normalized spacial score (nSPS) is 26.7. The third kappa shape index (κ3) is 2.33. The molecule has 3 unspecified atom stereocenters. The Kier molecular flexibility index (Phi) is 3.72. The number of benzene rings is 1. The highest BCUT2D eigenvalue weighted by Crippen LogP contribution is 2.38.